The summed E-state index contributed by atoms with van der Waals surface area (Å²) >= 11 is 0. The number of isocyanates is 1. The van der Waals surface area contributed by atoms with Crippen molar-refractivity contribution in [3.05, 3.63) is 53.6 Å². The van der Waals surface area contributed by atoms with Gasteiger partial charge in [0.25, 0.3) is 0 Å². The molecular weight excluding hydrogens is 210 g/mol. The fraction of sp³-hybridized carbons (Fsp3) is 0.133. The van der Waals surface area contributed by atoms with Crippen molar-refractivity contribution < 1.29 is 4.79 Å². The van der Waals surface area contributed by atoms with E-state index in [1.54, 1.807) is 6.08 Å². The molecule has 0 saturated heterocycles. The van der Waals surface area contributed by atoms with Crippen LogP contribution in [0.5, 0.6) is 0 Å². The molecule has 2 aromatic carbocycles. The smallest absolute Gasteiger partial charge is 0.211 e. The first kappa shape index (κ1) is 11.3. The molecule has 0 spiro atoms. The molecular formula is C15H13NO. The highest BCUT2D eigenvalue weighted by Gasteiger charge is 2.08. The van der Waals surface area contributed by atoms with Crippen LogP contribution in [0.1, 0.15) is 11.1 Å². The maximum absolute atomic E-state index is 10.5. The Morgan fingerprint density at radius 1 is 1.06 bits per heavy atom. The number of aliphatic imine (C=N–C) groups is 1. The highest BCUT2D eigenvalue weighted by molar-refractivity contribution is 5.80. The molecule has 0 fully saturated rings. The number of hydrogen-bond acceptors (Lipinski definition) is 2. The highest BCUT2D eigenvalue weighted by Crippen LogP contribution is 2.34. The molecule has 0 aliphatic rings. The van der Waals surface area contributed by atoms with Crippen LogP contribution in [0.3, 0.4) is 0 Å². The van der Waals surface area contributed by atoms with Gasteiger partial charge in [-0.25, -0.2) is 4.79 Å². The lowest BCUT2D eigenvalue weighted by molar-refractivity contribution is 0.565. The van der Waals surface area contributed by atoms with Crippen molar-refractivity contribution in [2.75, 3.05) is 0 Å². The Kier molecular flexibility index (Phi) is 3.17. The Labute approximate surface area is 101 Å². The first-order valence-corrected chi connectivity index (χ1v) is 5.47. The van der Waals surface area contributed by atoms with E-state index in [1.807, 2.05) is 50.2 Å². The van der Waals surface area contributed by atoms with Gasteiger partial charge in [0.05, 0.1) is 5.69 Å². The predicted molar refractivity (Wildman–Crippen MR) is 69.1 cm³/mol. The summed E-state index contributed by atoms with van der Waals surface area (Å²) in [5.41, 5.74) is 4.96. The minimum atomic E-state index is 0.684. The van der Waals surface area contributed by atoms with E-state index in [0.29, 0.717) is 5.69 Å². The largest absolute Gasteiger partial charge is 0.240 e. The van der Waals surface area contributed by atoms with E-state index in [1.165, 1.54) is 0 Å². The fourth-order valence-electron chi connectivity index (χ4n) is 2.06. The standard InChI is InChI=1S/C15H13NO/c1-11-8-12(2)15(14(9-11)16-10-17)13-6-4-3-5-7-13/h3-9H,1-2H3. The zero-order valence-corrected chi connectivity index (χ0v) is 9.90. The Bertz CT molecular complexity index is 581. The Morgan fingerprint density at radius 2 is 1.76 bits per heavy atom. The molecule has 2 nitrogen and oxygen atoms in total. The summed E-state index contributed by atoms with van der Waals surface area (Å²) in [7, 11) is 0. The van der Waals surface area contributed by atoms with Gasteiger partial charge in [-0.2, -0.15) is 4.99 Å². The summed E-state index contributed by atoms with van der Waals surface area (Å²) in [5, 5.41) is 0. The van der Waals surface area contributed by atoms with E-state index in [2.05, 4.69) is 11.1 Å². The summed E-state index contributed by atoms with van der Waals surface area (Å²) in [6.07, 6.45) is 1.62. The molecule has 0 atom stereocenters. The minimum Gasteiger partial charge on any atom is -0.211 e. The first-order chi connectivity index (χ1) is 8.22. The second-order valence-electron chi connectivity index (χ2n) is 4.05. The van der Waals surface area contributed by atoms with Gasteiger partial charge in [0, 0.05) is 5.56 Å². The van der Waals surface area contributed by atoms with E-state index >= 15 is 0 Å². The van der Waals surface area contributed by atoms with Gasteiger partial charge in [0.2, 0.25) is 6.08 Å². The fourth-order valence-corrected chi connectivity index (χ4v) is 2.06. The summed E-state index contributed by atoms with van der Waals surface area (Å²) in [6.45, 7) is 4.02. The molecule has 2 heteroatoms. The molecule has 0 amide bonds. The monoisotopic (exact) mass is 223 g/mol. The summed E-state index contributed by atoms with van der Waals surface area (Å²) in [6, 6.07) is 13.9. The summed E-state index contributed by atoms with van der Waals surface area (Å²) in [5.74, 6) is 0. The number of rotatable bonds is 2. The van der Waals surface area contributed by atoms with Crippen LogP contribution in [0.2, 0.25) is 0 Å². The number of carbonyl (C=O) groups excluding carboxylic acids is 1. The first-order valence-electron chi connectivity index (χ1n) is 5.47. The zero-order chi connectivity index (χ0) is 12.3. The van der Waals surface area contributed by atoms with Gasteiger partial charge in [-0.15, -0.1) is 0 Å². The third-order valence-corrected chi connectivity index (χ3v) is 2.69. The SMILES string of the molecule is Cc1cc(C)c(-c2ccccc2)c(N=C=O)c1. The summed E-state index contributed by atoms with van der Waals surface area (Å²) in [4.78, 5) is 14.3. The topological polar surface area (TPSA) is 29.4 Å². The van der Waals surface area contributed by atoms with Gasteiger partial charge in [0.15, 0.2) is 0 Å². The maximum Gasteiger partial charge on any atom is 0.240 e. The number of aryl methyl sites for hydroxylation is 2. The van der Waals surface area contributed by atoms with Gasteiger partial charge in [-0.1, -0.05) is 36.4 Å². The van der Waals surface area contributed by atoms with Crippen LogP contribution in [0.15, 0.2) is 47.5 Å². The van der Waals surface area contributed by atoms with Gasteiger partial charge in [0.1, 0.15) is 0 Å². The summed E-state index contributed by atoms with van der Waals surface area (Å²) < 4.78 is 0. The molecule has 0 aromatic heterocycles. The van der Waals surface area contributed by atoms with E-state index < -0.39 is 0 Å². The molecule has 0 unspecified atom stereocenters. The van der Waals surface area contributed by atoms with Gasteiger partial charge < -0.3 is 0 Å². The van der Waals surface area contributed by atoms with Crippen LogP contribution in [-0.4, -0.2) is 6.08 Å². The highest BCUT2D eigenvalue weighted by atomic mass is 16.1. The molecule has 17 heavy (non-hydrogen) atoms. The molecule has 2 aromatic rings. The average Bonchev–Trinajstić information content (AvgIpc) is 2.30. The third-order valence-electron chi connectivity index (χ3n) is 2.69. The van der Waals surface area contributed by atoms with E-state index in [-0.39, 0.29) is 0 Å². The molecule has 2 rings (SSSR count). The second kappa shape index (κ2) is 4.77. The van der Waals surface area contributed by atoms with Gasteiger partial charge in [-0.05, 0) is 36.6 Å². The zero-order valence-electron chi connectivity index (χ0n) is 9.90. The third kappa shape index (κ3) is 2.32. The van der Waals surface area contributed by atoms with Crippen LogP contribution in [0.25, 0.3) is 11.1 Å². The van der Waals surface area contributed by atoms with Crippen LogP contribution in [-0.2, 0) is 4.79 Å². The Hall–Kier alpha value is -2.18. The van der Waals surface area contributed by atoms with Gasteiger partial charge in [-0.3, -0.25) is 0 Å². The molecule has 0 saturated carbocycles. The number of benzene rings is 2. The molecule has 0 aliphatic carbocycles. The maximum atomic E-state index is 10.5. The van der Waals surface area contributed by atoms with Crippen molar-refractivity contribution in [2.45, 2.75) is 13.8 Å². The quantitative estimate of drug-likeness (QED) is 0.560. The van der Waals surface area contributed by atoms with Crippen LogP contribution >= 0.6 is 0 Å². The second-order valence-corrected chi connectivity index (χ2v) is 4.05. The van der Waals surface area contributed by atoms with E-state index in [0.717, 1.165) is 22.3 Å². The molecule has 0 bridgehead atoms. The predicted octanol–water partition coefficient (Wildman–Crippen LogP) is 3.94. The van der Waals surface area contributed by atoms with Crippen LogP contribution in [0.4, 0.5) is 5.69 Å². The molecule has 84 valence electrons. The number of hydrogen-bond donors (Lipinski definition) is 0. The van der Waals surface area contributed by atoms with Crippen molar-refractivity contribution in [2.24, 2.45) is 4.99 Å². The van der Waals surface area contributed by atoms with Crippen LogP contribution in [0, 0.1) is 13.8 Å². The van der Waals surface area contributed by atoms with E-state index in [9.17, 15) is 4.79 Å². The van der Waals surface area contributed by atoms with Crippen LogP contribution < -0.4 is 0 Å². The Balaban J connectivity index is 2.72. The normalized spacial score (nSPS) is 9.76. The molecule has 0 radical (unpaired) electrons. The molecule has 0 N–H and O–H groups in total. The molecule has 0 heterocycles. The van der Waals surface area contributed by atoms with Crippen molar-refractivity contribution in [3.8, 4) is 11.1 Å². The van der Waals surface area contributed by atoms with Crippen molar-refractivity contribution in [1.29, 1.82) is 0 Å². The average molecular weight is 223 g/mol. The van der Waals surface area contributed by atoms with Crippen molar-refractivity contribution >= 4 is 11.8 Å². The Morgan fingerprint density at radius 3 is 2.41 bits per heavy atom. The lowest BCUT2D eigenvalue weighted by Crippen LogP contribution is -1.86. The van der Waals surface area contributed by atoms with Gasteiger partial charge >= 0.3 is 0 Å². The van der Waals surface area contributed by atoms with Crippen molar-refractivity contribution in [3.63, 3.8) is 0 Å². The minimum absolute atomic E-state index is 0.684. The lowest BCUT2D eigenvalue weighted by atomic mass is 9.97. The number of nitrogens with zero attached hydrogens (tertiary/aromatic N) is 1. The molecule has 0 aliphatic heterocycles. The van der Waals surface area contributed by atoms with Crippen molar-refractivity contribution in [1.82, 2.24) is 0 Å². The van der Waals surface area contributed by atoms with E-state index in [4.69, 9.17) is 0 Å². The lowest BCUT2D eigenvalue weighted by Gasteiger charge is -2.10.